The number of hydrogen-bond acceptors (Lipinski definition) is 3. The van der Waals surface area contributed by atoms with Gasteiger partial charge >= 0.3 is 5.97 Å². The molecule has 0 saturated carbocycles. The quantitative estimate of drug-likeness (QED) is 0.310. The van der Waals surface area contributed by atoms with E-state index < -0.39 is 11.5 Å². The number of hydrogen-bond donors (Lipinski definition) is 4. The molecule has 0 aliphatic heterocycles. The van der Waals surface area contributed by atoms with Gasteiger partial charge in [-0.2, -0.15) is 0 Å². The Morgan fingerprint density at radius 2 is 2.12 bits per heavy atom. The predicted molar refractivity (Wildman–Crippen MR) is 64.6 cm³/mol. The molecule has 5 nitrogen and oxygen atoms in total. The maximum Gasteiger partial charge on any atom is 0.323 e. The van der Waals surface area contributed by atoms with E-state index in [2.05, 4.69) is 5.32 Å². The van der Waals surface area contributed by atoms with Crippen molar-refractivity contribution in [3.05, 3.63) is 11.6 Å². The highest BCUT2D eigenvalue weighted by molar-refractivity contribution is 5.77. The van der Waals surface area contributed by atoms with Crippen LogP contribution in [0, 0.1) is 5.41 Å². The molecule has 0 aromatic carbocycles. The molecule has 0 spiro atoms. The van der Waals surface area contributed by atoms with Crippen molar-refractivity contribution in [3.63, 3.8) is 0 Å². The van der Waals surface area contributed by atoms with Gasteiger partial charge in [0.05, 0.1) is 5.84 Å². The number of nitrogens with two attached hydrogens (primary N) is 1. The molecule has 0 aliphatic carbocycles. The molecular formula is C11H21N3O2. The minimum Gasteiger partial charge on any atom is -0.480 e. The summed E-state index contributed by atoms with van der Waals surface area (Å²) in [6.45, 7) is 5.74. The highest BCUT2D eigenvalue weighted by Gasteiger charge is 2.26. The van der Waals surface area contributed by atoms with E-state index in [1.807, 2.05) is 13.0 Å². The fourth-order valence-corrected chi connectivity index (χ4v) is 1.07. The minimum atomic E-state index is -1.17. The average molecular weight is 227 g/mol. The van der Waals surface area contributed by atoms with Gasteiger partial charge in [0.15, 0.2) is 0 Å². The maximum atomic E-state index is 10.7. The van der Waals surface area contributed by atoms with E-state index in [-0.39, 0.29) is 0 Å². The van der Waals surface area contributed by atoms with Gasteiger partial charge in [-0.15, -0.1) is 0 Å². The molecule has 5 N–H and O–H groups in total. The molecule has 0 radical (unpaired) electrons. The van der Waals surface area contributed by atoms with Crippen LogP contribution >= 0.6 is 0 Å². The Balaban J connectivity index is 4.00. The maximum absolute atomic E-state index is 10.7. The summed E-state index contributed by atoms with van der Waals surface area (Å²) >= 11 is 0. The van der Waals surface area contributed by atoms with Crippen molar-refractivity contribution in [3.8, 4) is 0 Å². The van der Waals surface area contributed by atoms with Gasteiger partial charge in [-0.05, 0) is 33.6 Å². The summed E-state index contributed by atoms with van der Waals surface area (Å²) in [4.78, 5) is 10.7. The molecule has 1 atom stereocenters. The number of amidine groups is 1. The normalized spacial score (nSPS) is 15.4. The van der Waals surface area contributed by atoms with Crippen LogP contribution in [0.3, 0.4) is 0 Å². The summed E-state index contributed by atoms with van der Waals surface area (Å²) < 4.78 is 0. The van der Waals surface area contributed by atoms with Crippen LogP contribution in [0.1, 0.15) is 33.6 Å². The Labute approximate surface area is 96.2 Å². The van der Waals surface area contributed by atoms with Crippen molar-refractivity contribution in [2.75, 3.05) is 6.54 Å². The second-order valence-electron chi connectivity index (χ2n) is 4.29. The Kier molecular flexibility index (Phi) is 5.74. The van der Waals surface area contributed by atoms with Crippen LogP contribution in [-0.4, -0.2) is 29.0 Å². The van der Waals surface area contributed by atoms with E-state index in [1.54, 1.807) is 6.92 Å². The number of aliphatic carboxylic acids is 1. The van der Waals surface area contributed by atoms with E-state index >= 15 is 0 Å². The first-order valence-electron chi connectivity index (χ1n) is 5.22. The molecule has 5 heteroatoms. The standard InChI is InChI=1S/C11H21N3O2/c1-8(7-14-9(2)12)5-4-6-11(3,13)10(15)16/h5H,4,6-7,13H2,1-3H3,(H2,12,14)(H,15,16)/b8-5-/t11-/m0/s1. The molecule has 0 aromatic rings. The van der Waals surface area contributed by atoms with E-state index in [9.17, 15) is 4.79 Å². The lowest BCUT2D eigenvalue weighted by Gasteiger charge is -2.17. The van der Waals surface area contributed by atoms with Gasteiger partial charge in [0.2, 0.25) is 0 Å². The zero-order valence-corrected chi connectivity index (χ0v) is 10.1. The van der Waals surface area contributed by atoms with Crippen molar-refractivity contribution in [2.24, 2.45) is 5.73 Å². The molecular weight excluding hydrogens is 206 g/mol. The minimum absolute atomic E-state index is 0.406. The van der Waals surface area contributed by atoms with Gasteiger partial charge in [-0.1, -0.05) is 11.6 Å². The zero-order valence-electron chi connectivity index (χ0n) is 10.1. The molecule has 0 heterocycles. The SMILES string of the molecule is CC(=N)NC/C(C)=C\CC[C@](C)(N)C(=O)O. The van der Waals surface area contributed by atoms with Gasteiger partial charge < -0.3 is 16.2 Å². The molecule has 0 fully saturated rings. The lowest BCUT2D eigenvalue weighted by molar-refractivity contribution is -0.142. The van der Waals surface area contributed by atoms with Gasteiger partial charge in [0.25, 0.3) is 0 Å². The summed E-state index contributed by atoms with van der Waals surface area (Å²) in [6, 6.07) is 0. The van der Waals surface area contributed by atoms with E-state index in [0.717, 1.165) is 5.57 Å². The predicted octanol–water partition coefficient (Wildman–Crippen LogP) is 1.10. The van der Waals surface area contributed by atoms with Gasteiger partial charge in [0, 0.05) is 6.54 Å². The highest BCUT2D eigenvalue weighted by Crippen LogP contribution is 2.10. The number of carboxylic acid groups (broad SMARTS) is 1. The topological polar surface area (TPSA) is 99.2 Å². The van der Waals surface area contributed by atoms with Gasteiger partial charge in [-0.25, -0.2) is 0 Å². The van der Waals surface area contributed by atoms with Crippen molar-refractivity contribution >= 4 is 11.8 Å². The van der Waals surface area contributed by atoms with Gasteiger partial charge in [0.1, 0.15) is 5.54 Å². The lowest BCUT2D eigenvalue weighted by atomic mass is 9.97. The van der Waals surface area contributed by atoms with Crippen LogP contribution in [0.15, 0.2) is 11.6 Å². The molecule has 0 aliphatic rings. The second-order valence-corrected chi connectivity index (χ2v) is 4.29. The summed E-state index contributed by atoms with van der Waals surface area (Å²) in [6.07, 6.45) is 2.98. The fourth-order valence-electron chi connectivity index (χ4n) is 1.07. The molecule has 0 rings (SSSR count). The fraction of sp³-hybridized carbons (Fsp3) is 0.636. The molecule has 92 valence electrons. The first-order valence-corrected chi connectivity index (χ1v) is 5.22. The Hall–Kier alpha value is -1.36. The lowest BCUT2D eigenvalue weighted by Crippen LogP contribution is -2.44. The van der Waals surface area contributed by atoms with Crippen molar-refractivity contribution in [1.82, 2.24) is 5.32 Å². The van der Waals surface area contributed by atoms with Crippen LogP contribution in [0.2, 0.25) is 0 Å². The molecule has 16 heavy (non-hydrogen) atoms. The summed E-state index contributed by atoms with van der Waals surface area (Å²) in [5, 5.41) is 18.9. The summed E-state index contributed by atoms with van der Waals surface area (Å²) in [7, 11) is 0. The number of carboxylic acids is 1. The van der Waals surface area contributed by atoms with Crippen LogP contribution in [-0.2, 0) is 4.79 Å². The first-order chi connectivity index (χ1) is 7.25. The van der Waals surface area contributed by atoms with E-state index in [4.69, 9.17) is 16.2 Å². The van der Waals surface area contributed by atoms with Crippen LogP contribution < -0.4 is 11.1 Å². The average Bonchev–Trinajstić information content (AvgIpc) is 2.14. The highest BCUT2D eigenvalue weighted by atomic mass is 16.4. The van der Waals surface area contributed by atoms with Crippen molar-refractivity contribution in [2.45, 2.75) is 39.2 Å². The second kappa shape index (κ2) is 6.27. The smallest absolute Gasteiger partial charge is 0.323 e. The van der Waals surface area contributed by atoms with Gasteiger partial charge in [-0.3, -0.25) is 10.2 Å². The first kappa shape index (κ1) is 14.6. The number of allylic oxidation sites excluding steroid dienone is 1. The number of rotatable bonds is 6. The van der Waals surface area contributed by atoms with Crippen LogP contribution in [0.4, 0.5) is 0 Å². The van der Waals surface area contributed by atoms with E-state index in [1.165, 1.54) is 6.92 Å². The molecule has 0 bridgehead atoms. The number of carbonyl (C=O) groups is 1. The van der Waals surface area contributed by atoms with E-state index in [0.29, 0.717) is 25.2 Å². The molecule has 0 amide bonds. The number of nitrogens with one attached hydrogen (secondary N) is 2. The third-order valence-corrected chi connectivity index (χ3v) is 2.28. The Morgan fingerprint density at radius 3 is 2.56 bits per heavy atom. The summed E-state index contributed by atoms with van der Waals surface area (Å²) in [5.74, 6) is -0.561. The third-order valence-electron chi connectivity index (χ3n) is 2.28. The third kappa shape index (κ3) is 6.19. The largest absolute Gasteiger partial charge is 0.480 e. The summed E-state index contributed by atoms with van der Waals surface area (Å²) in [5.41, 5.74) is 5.50. The zero-order chi connectivity index (χ0) is 12.8. The van der Waals surface area contributed by atoms with Crippen molar-refractivity contribution in [1.29, 1.82) is 5.41 Å². The molecule has 0 unspecified atom stereocenters. The molecule has 0 aromatic heterocycles. The van der Waals surface area contributed by atoms with Crippen LogP contribution in [0.25, 0.3) is 0 Å². The van der Waals surface area contributed by atoms with Crippen molar-refractivity contribution < 1.29 is 9.90 Å². The molecule has 0 saturated heterocycles. The van der Waals surface area contributed by atoms with Crippen LogP contribution in [0.5, 0.6) is 0 Å². The Morgan fingerprint density at radius 1 is 1.56 bits per heavy atom. The monoisotopic (exact) mass is 227 g/mol. The Bertz CT molecular complexity index is 296.